The number of carbonyl (C=O) groups excluding carboxylic acids is 2. The first-order valence-electron chi connectivity index (χ1n) is 9.00. The van der Waals surface area contributed by atoms with Crippen LogP contribution in [0.4, 0.5) is 5.69 Å². The van der Waals surface area contributed by atoms with Gasteiger partial charge in [0, 0.05) is 16.8 Å². The number of nitrogens with one attached hydrogen (secondary N) is 1. The van der Waals surface area contributed by atoms with E-state index >= 15 is 0 Å². The summed E-state index contributed by atoms with van der Waals surface area (Å²) in [6.07, 6.45) is 0.736. The Morgan fingerprint density at radius 1 is 0.929 bits per heavy atom. The molecule has 0 aliphatic rings. The molecule has 0 aromatic heterocycles. The highest BCUT2D eigenvalue weighted by Gasteiger charge is 2.11. The largest absolute Gasteiger partial charge is 0.490 e. The summed E-state index contributed by atoms with van der Waals surface area (Å²) < 4.78 is 11.1. The Hall–Kier alpha value is -3.60. The van der Waals surface area contributed by atoms with Crippen molar-refractivity contribution in [3.8, 4) is 22.6 Å². The van der Waals surface area contributed by atoms with Crippen molar-refractivity contribution in [3.05, 3.63) is 78.4 Å². The molecule has 0 saturated heterocycles. The molecule has 1 N–H and O–H groups in total. The van der Waals surface area contributed by atoms with Crippen LogP contribution < -0.4 is 14.8 Å². The molecule has 0 aliphatic heterocycles. The average Bonchev–Trinajstić information content (AvgIpc) is 2.74. The fourth-order valence-electron chi connectivity index (χ4n) is 2.78. The molecule has 0 unspecified atom stereocenters. The molecule has 1 amide bonds. The van der Waals surface area contributed by atoms with E-state index in [1.807, 2.05) is 61.5 Å². The van der Waals surface area contributed by atoms with Crippen LogP contribution in [0.5, 0.6) is 11.5 Å². The standard InChI is InChI=1S/C23H21NO4/c1-2-27-22-14-17(15-25)12-13-21(22)28-16-23(26)24-20-11-7-6-10-19(20)18-8-4-3-5-9-18/h3-15H,2,16H2,1H3,(H,24,26). The van der Waals surface area contributed by atoms with Gasteiger partial charge in [-0.15, -0.1) is 0 Å². The third kappa shape index (κ3) is 4.76. The molecule has 0 spiro atoms. The zero-order chi connectivity index (χ0) is 19.8. The van der Waals surface area contributed by atoms with Crippen LogP contribution in [0.25, 0.3) is 11.1 Å². The van der Waals surface area contributed by atoms with Crippen LogP contribution in [0.15, 0.2) is 72.8 Å². The molecule has 0 saturated carbocycles. The van der Waals surface area contributed by atoms with Gasteiger partial charge in [-0.2, -0.15) is 0 Å². The molecular formula is C23H21NO4. The van der Waals surface area contributed by atoms with E-state index in [0.717, 1.165) is 17.4 Å². The molecule has 5 nitrogen and oxygen atoms in total. The molecule has 0 fully saturated rings. The lowest BCUT2D eigenvalue weighted by atomic mass is 10.0. The quantitative estimate of drug-likeness (QED) is 0.585. The Morgan fingerprint density at radius 2 is 1.68 bits per heavy atom. The number of carbonyl (C=O) groups is 2. The third-order valence-electron chi connectivity index (χ3n) is 4.05. The van der Waals surface area contributed by atoms with Crippen molar-refractivity contribution in [2.45, 2.75) is 6.92 Å². The number of aldehydes is 1. The fraction of sp³-hybridized carbons (Fsp3) is 0.130. The third-order valence-corrected chi connectivity index (χ3v) is 4.05. The molecule has 5 heteroatoms. The topological polar surface area (TPSA) is 64.6 Å². The van der Waals surface area contributed by atoms with E-state index in [1.165, 1.54) is 0 Å². The first kappa shape index (κ1) is 19.2. The molecule has 0 bridgehead atoms. The van der Waals surface area contributed by atoms with E-state index in [0.29, 0.717) is 29.4 Å². The second-order valence-corrected chi connectivity index (χ2v) is 6.01. The predicted octanol–water partition coefficient (Wildman–Crippen LogP) is 4.58. The van der Waals surface area contributed by atoms with E-state index < -0.39 is 0 Å². The van der Waals surface area contributed by atoms with Gasteiger partial charge in [0.05, 0.1) is 6.61 Å². The summed E-state index contributed by atoms with van der Waals surface area (Å²) in [7, 11) is 0. The number of para-hydroxylation sites is 1. The zero-order valence-electron chi connectivity index (χ0n) is 15.6. The molecule has 28 heavy (non-hydrogen) atoms. The van der Waals surface area contributed by atoms with Crippen molar-refractivity contribution in [2.24, 2.45) is 0 Å². The number of hydrogen-bond donors (Lipinski definition) is 1. The van der Waals surface area contributed by atoms with Crippen LogP contribution in [-0.2, 0) is 4.79 Å². The fourth-order valence-corrected chi connectivity index (χ4v) is 2.78. The van der Waals surface area contributed by atoms with Gasteiger partial charge in [-0.3, -0.25) is 9.59 Å². The van der Waals surface area contributed by atoms with Crippen molar-refractivity contribution in [3.63, 3.8) is 0 Å². The molecule has 3 aromatic rings. The van der Waals surface area contributed by atoms with Crippen LogP contribution in [0.1, 0.15) is 17.3 Å². The number of anilines is 1. The van der Waals surface area contributed by atoms with Crippen molar-refractivity contribution >= 4 is 17.9 Å². The Bertz CT molecular complexity index is 954. The molecule has 0 atom stereocenters. The minimum atomic E-state index is -0.287. The van der Waals surface area contributed by atoms with Gasteiger partial charge in [-0.05, 0) is 36.8 Å². The van der Waals surface area contributed by atoms with Crippen molar-refractivity contribution in [1.29, 1.82) is 0 Å². The van der Waals surface area contributed by atoms with Gasteiger partial charge in [0.25, 0.3) is 5.91 Å². The second-order valence-electron chi connectivity index (χ2n) is 6.01. The molecule has 142 valence electrons. The highest BCUT2D eigenvalue weighted by atomic mass is 16.5. The van der Waals surface area contributed by atoms with Gasteiger partial charge in [0.2, 0.25) is 0 Å². The normalized spacial score (nSPS) is 10.2. The summed E-state index contributed by atoms with van der Waals surface area (Å²) in [4.78, 5) is 23.4. The van der Waals surface area contributed by atoms with Crippen molar-refractivity contribution in [2.75, 3.05) is 18.5 Å². The van der Waals surface area contributed by atoms with Crippen molar-refractivity contribution < 1.29 is 19.1 Å². The van der Waals surface area contributed by atoms with Gasteiger partial charge in [-0.1, -0.05) is 48.5 Å². The summed E-state index contributed by atoms with van der Waals surface area (Å²) in [5.74, 6) is 0.564. The molecule has 3 aromatic carbocycles. The first-order valence-corrected chi connectivity index (χ1v) is 9.00. The lowest BCUT2D eigenvalue weighted by Crippen LogP contribution is -2.20. The minimum absolute atomic E-state index is 0.177. The summed E-state index contributed by atoms with van der Waals surface area (Å²) in [5.41, 5.74) is 3.14. The van der Waals surface area contributed by atoms with Crippen LogP contribution in [0, 0.1) is 0 Å². The van der Waals surface area contributed by atoms with E-state index in [4.69, 9.17) is 9.47 Å². The SMILES string of the molecule is CCOc1cc(C=O)ccc1OCC(=O)Nc1ccccc1-c1ccccc1. The van der Waals surface area contributed by atoms with E-state index in [9.17, 15) is 9.59 Å². The minimum Gasteiger partial charge on any atom is -0.490 e. The molecule has 0 radical (unpaired) electrons. The number of hydrogen-bond acceptors (Lipinski definition) is 4. The highest BCUT2D eigenvalue weighted by Crippen LogP contribution is 2.29. The van der Waals surface area contributed by atoms with Gasteiger partial charge in [0.1, 0.15) is 6.29 Å². The number of benzene rings is 3. The maximum atomic E-state index is 12.4. The van der Waals surface area contributed by atoms with Gasteiger partial charge in [-0.25, -0.2) is 0 Å². The average molecular weight is 375 g/mol. The monoisotopic (exact) mass is 375 g/mol. The molecule has 3 rings (SSSR count). The molecule has 0 heterocycles. The maximum Gasteiger partial charge on any atom is 0.262 e. The summed E-state index contributed by atoms with van der Waals surface area (Å²) >= 11 is 0. The van der Waals surface area contributed by atoms with Crippen LogP contribution >= 0.6 is 0 Å². The summed E-state index contributed by atoms with van der Waals surface area (Å²) in [6, 6.07) is 22.3. The lowest BCUT2D eigenvalue weighted by Gasteiger charge is -2.14. The second kappa shape index (κ2) is 9.37. The number of ether oxygens (including phenoxy) is 2. The number of amides is 1. The summed E-state index contributed by atoms with van der Waals surface area (Å²) in [5, 5.41) is 2.89. The highest BCUT2D eigenvalue weighted by molar-refractivity contribution is 5.96. The Kier molecular flexibility index (Phi) is 6.41. The zero-order valence-corrected chi connectivity index (χ0v) is 15.6. The lowest BCUT2D eigenvalue weighted by molar-refractivity contribution is -0.118. The van der Waals surface area contributed by atoms with Crippen LogP contribution in [0.3, 0.4) is 0 Å². The predicted molar refractivity (Wildman–Crippen MR) is 109 cm³/mol. The van der Waals surface area contributed by atoms with Gasteiger partial charge >= 0.3 is 0 Å². The molecular weight excluding hydrogens is 354 g/mol. The Morgan fingerprint density at radius 3 is 2.43 bits per heavy atom. The Labute approximate surface area is 163 Å². The molecule has 0 aliphatic carbocycles. The Balaban J connectivity index is 1.70. The van der Waals surface area contributed by atoms with Gasteiger partial charge in [0.15, 0.2) is 18.1 Å². The van der Waals surface area contributed by atoms with Gasteiger partial charge < -0.3 is 14.8 Å². The summed E-state index contributed by atoms with van der Waals surface area (Å²) in [6.45, 7) is 2.09. The van der Waals surface area contributed by atoms with Crippen molar-refractivity contribution in [1.82, 2.24) is 0 Å². The van der Waals surface area contributed by atoms with Crippen LogP contribution in [0.2, 0.25) is 0 Å². The van der Waals surface area contributed by atoms with E-state index in [-0.39, 0.29) is 12.5 Å². The van der Waals surface area contributed by atoms with E-state index in [1.54, 1.807) is 18.2 Å². The first-order chi connectivity index (χ1) is 13.7. The number of rotatable bonds is 8. The maximum absolute atomic E-state index is 12.4. The van der Waals surface area contributed by atoms with Crippen LogP contribution in [-0.4, -0.2) is 25.4 Å². The van der Waals surface area contributed by atoms with E-state index in [2.05, 4.69) is 5.32 Å². The smallest absolute Gasteiger partial charge is 0.262 e.